The molecule has 0 aromatic heterocycles. The summed E-state index contributed by atoms with van der Waals surface area (Å²) in [7, 11) is -1.09. The van der Waals surface area contributed by atoms with E-state index < -0.39 is 21.8 Å². The van der Waals surface area contributed by atoms with Crippen molar-refractivity contribution in [3.8, 4) is 11.5 Å². The molecule has 0 bridgehead atoms. The molecule has 1 unspecified atom stereocenters. The number of hydrazine groups is 1. The molecule has 2 N–H and O–H groups in total. The predicted octanol–water partition coefficient (Wildman–Crippen LogP) is 3.02. The first-order valence-electron chi connectivity index (χ1n) is 9.30. The Bertz CT molecular complexity index is 940. The van der Waals surface area contributed by atoms with E-state index in [0.717, 1.165) is 12.0 Å². The minimum absolute atomic E-state index is 0.0545. The maximum absolute atomic E-state index is 12.5. The van der Waals surface area contributed by atoms with Crippen molar-refractivity contribution in [1.29, 1.82) is 0 Å². The zero-order valence-corrected chi connectivity index (χ0v) is 18.2. The Hall–Kier alpha value is -2.58. The summed E-state index contributed by atoms with van der Waals surface area (Å²) in [5, 5.41) is 0. The van der Waals surface area contributed by atoms with Crippen molar-refractivity contribution in [3.63, 3.8) is 0 Å². The molecular formula is C21H28N2O5S. The molecule has 0 spiro atoms. The van der Waals surface area contributed by atoms with Gasteiger partial charge in [0.1, 0.15) is 0 Å². The van der Waals surface area contributed by atoms with Gasteiger partial charge in [-0.05, 0) is 42.5 Å². The topological polar surface area (TPSA) is 93.7 Å². The van der Waals surface area contributed by atoms with Gasteiger partial charge >= 0.3 is 0 Å². The summed E-state index contributed by atoms with van der Waals surface area (Å²) in [5.41, 5.74) is 4.29. The van der Waals surface area contributed by atoms with Crippen LogP contribution in [0.4, 0.5) is 0 Å². The number of hydrogen-bond acceptors (Lipinski definition) is 5. The number of sulfonamides is 1. The third-order valence-electron chi connectivity index (χ3n) is 4.49. The van der Waals surface area contributed by atoms with Crippen LogP contribution in [0.5, 0.6) is 11.5 Å². The van der Waals surface area contributed by atoms with E-state index in [1.165, 1.54) is 38.0 Å². The first-order chi connectivity index (χ1) is 13.7. The van der Waals surface area contributed by atoms with Crippen LogP contribution in [0.3, 0.4) is 0 Å². The molecular weight excluding hydrogens is 392 g/mol. The van der Waals surface area contributed by atoms with Gasteiger partial charge in [-0.25, -0.2) is 8.42 Å². The number of carbonyl (C=O) groups excluding carboxylic acids is 1. The number of hydrogen-bond donors (Lipinski definition) is 2. The summed E-state index contributed by atoms with van der Waals surface area (Å²) in [4.78, 5) is 14.5. The summed E-state index contributed by atoms with van der Waals surface area (Å²) >= 11 is 0. The third-order valence-corrected chi connectivity index (χ3v) is 5.74. The van der Waals surface area contributed by atoms with Gasteiger partial charge in [-0.1, -0.05) is 38.1 Å². The van der Waals surface area contributed by atoms with Crippen molar-refractivity contribution in [2.45, 2.75) is 38.0 Å². The second-order valence-electron chi connectivity index (χ2n) is 7.17. The molecule has 0 aliphatic rings. The van der Waals surface area contributed by atoms with Crippen molar-refractivity contribution in [2.24, 2.45) is 5.92 Å². The van der Waals surface area contributed by atoms with Gasteiger partial charge in [-0.3, -0.25) is 10.2 Å². The van der Waals surface area contributed by atoms with Crippen LogP contribution in [-0.2, 0) is 21.2 Å². The molecule has 2 aromatic carbocycles. The van der Waals surface area contributed by atoms with E-state index in [-0.39, 0.29) is 10.6 Å². The number of nitrogens with one attached hydrogen (secondary N) is 2. The molecule has 7 nitrogen and oxygen atoms in total. The lowest BCUT2D eigenvalue weighted by atomic mass is 9.96. The normalized spacial score (nSPS) is 12.5. The fourth-order valence-electron chi connectivity index (χ4n) is 2.83. The number of rotatable bonds is 9. The number of amides is 1. The molecule has 0 fully saturated rings. The van der Waals surface area contributed by atoms with Gasteiger partial charge in [0.25, 0.3) is 10.0 Å². The third kappa shape index (κ3) is 5.95. The molecule has 0 saturated carbocycles. The van der Waals surface area contributed by atoms with Gasteiger partial charge in [-0.2, -0.15) is 0 Å². The van der Waals surface area contributed by atoms with Crippen molar-refractivity contribution < 1.29 is 22.7 Å². The highest BCUT2D eigenvalue weighted by atomic mass is 32.2. The van der Waals surface area contributed by atoms with Gasteiger partial charge in [0.2, 0.25) is 5.91 Å². The maximum Gasteiger partial charge on any atom is 0.257 e. The Morgan fingerprint density at radius 1 is 0.966 bits per heavy atom. The highest BCUT2D eigenvalue weighted by Gasteiger charge is 2.21. The molecule has 0 saturated heterocycles. The van der Waals surface area contributed by atoms with Gasteiger partial charge in [0.05, 0.1) is 25.0 Å². The molecule has 1 atom stereocenters. The Morgan fingerprint density at radius 2 is 1.59 bits per heavy atom. The summed E-state index contributed by atoms with van der Waals surface area (Å²) in [6.45, 7) is 6.01. The van der Waals surface area contributed by atoms with E-state index >= 15 is 0 Å². The summed E-state index contributed by atoms with van der Waals surface area (Å²) < 4.78 is 35.2. The van der Waals surface area contributed by atoms with E-state index in [4.69, 9.17) is 9.47 Å². The van der Waals surface area contributed by atoms with E-state index in [0.29, 0.717) is 11.7 Å². The molecule has 2 aromatic rings. The second-order valence-corrected chi connectivity index (χ2v) is 8.86. The van der Waals surface area contributed by atoms with Gasteiger partial charge in [0.15, 0.2) is 11.5 Å². The van der Waals surface area contributed by atoms with Gasteiger partial charge in [0, 0.05) is 6.07 Å². The van der Waals surface area contributed by atoms with Crippen LogP contribution in [0.1, 0.15) is 37.8 Å². The smallest absolute Gasteiger partial charge is 0.257 e. The van der Waals surface area contributed by atoms with Crippen LogP contribution in [0, 0.1) is 5.92 Å². The van der Waals surface area contributed by atoms with E-state index in [1.54, 1.807) is 6.92 Å². The van der Waals surface area contributed by atoms with Crippen LogP contribution < -0.4 is 19.7 Å². The molecule has 0 aliphatic carbocycles. The average molecular weight is 421 g/mol. The number of ether oxygens (including phenoxy) is 2. The molecule has 0 radical (unpaired) electrons. The molecule has 0 heterocycles. The van der Waals surface area contributed by atoms with E-state index in [2.05, 4.69) is 24.1 Å². The first kappa shape index (κ1) is 22.7. The van der Waals surface area contributed by atoms with Crippen molar-refractivity contribution >= 4 is 15.9 Å². The van der Waals surface area contributed by atoms with Gasteiger partial charge < -0.3 is 9.47 Å². The van der Waals surface area contributed by atoms with Crippen LogP contribution in [0.25, 0.3) is 0 Å². The quantitative estimate of drug-likeness (QED) is 0.608. The Balaban J connectivity index is 2.05. The Labute approximate surface area is 172 Å². The molecule has 29 heavy (non-hydrogen) atoms. The van der Waals surface area contributed by atoms with Gasteiger partial charge in [-0.15, -0.1) is 4.83 Å². The molecule has 2 rings (SSSR count). The molecule has 1 amide bonds. The zero-order valence-electron chi connectivity index (χ0n) is 17.4. The summed E-state index contributed by atoms with van der Waals surface area (Å²) in [6.07, 6.45) is 0.964. The van der Waals surface area contributed by atoms with E-state index in [9.17, 15) is 13.2 Å². The fraction of sp³-hybridized carbons (Fsp3) is 0.381. The maximum atomic E-state index is 12.5. The number of methoxy groups -OCH3 is 2. The zero-order chi connectivity index (χ0) is 21.6. The Morgan fingerprint density at radius 3 is 2.14 bits per heavy atom. The van der Waals surface area contributed by atoms with E-state index in [1.807, 2.05) is 24.3 Å². The van der Waals surface area contributed by atoms with Crippen molar-refractivity contribution in [3.05, 3.63) is 53.6 Å². The fourth-order valence-corrected chi connectivity index (χ4v) is 3.70. The molecule has 8 heteroatoms. The minimum atomic E-state index is -3.97. The van der Waals surface area contributed by atoms with Crippen molar-refractivity contribution in [2.75, 3.05) is 14.2 Å². The highest BCUT2D eigenvalue weighted by Crippen LogP contribution is 2.29. The number of benzene rings is 2. The standard InChI is InChI=1S/C21H28N2O5S/c1-14(2)12-16-6-8-17(9-7-16)15(3)21(24)22-23-29(25,26)18-10-11-19(27-4)20(13-18)28-5/h6-11,13-15,23H,12H2,1-5H3,(H,22,24). The minimum Gasteiger partial charge on any atom is -0.493 e. The summed E-state index contributed by atoms with van der Waals surface area (Å²) in [5.74, 6) is 0.260. The lowest BCUT2D eigenvalue weighted by molar-refractivity contribution is -0.122. The SMILES string of the molecule is COc1ccc(S(=O)(=O)NNC(=O)C(C)c2ccc(CC(C)C)cc2)cc1OC. The monoisotopic (exact) mass is 420 g/mol. The van der Waals surface area contributed by atoms with Crippen LogP contribution >= 0.6 is 0 Å². The Kier molecular flexibility index (Phi) is 7.64. The average Bonchev–Trinajstić information content (AvgIpc) is 2.71. The lowest BCUT2D eigenvalue weighted by Crippen LogP contribution is -2.43. The van der Waals surface area contributed by atoms with Crippen LogP contribution in [0.2, 0.25) is 0 Å². The predicted molar refractivity (Wildman–Crippen MR) is 111 cm³/mol. The lowest BCUT2D eigenvalue weighted by Gasteiger charge is -2.15. The molecule has 0 aliphatic heterocycles. The first-order valence-corrected chi connectivity index (χ1v) is 10.8. The number of carbonyl (C=O) groups is 1. The summed E-state index contributed by atoms with van der Waals surface area (Å²) in [6, 6.07) is 11.9. The second kappa shape index (κ2) is 9.76. The van der Waals surface area contributed by atoms with Crippen LogP contribution in [0.15, 0.2) is 47.4 Å². The van der Waals surface area contributed by atoms with Crippen LogP contribution in [-0.4, -0.2) is 28.5 Å². The van der Waals surface area contributed by atoms with Crippen molar-refractivity contribution in [1.82, 2.24) is 10.3 Å². The largest absolute Gasteiger partial charge is 0.493 e. The molecule has 158 valence electrons. The highest BCUT2D eigenvalue weighted by molar-refractivity contribution is 7.89.